The monoisotopic (exact) mass is 326 g/mol. The number of nitrogens with zero attached hydrogens (tertiary/aromatic N) is 1. The van der Waals surface area contributed by atoms with Crippen molar-refractivity contribution in [2.75, 3.05) is 31.6 Å². The molecule has 2 heteroatoms. The van der Waals surface area contributed by atoms with Crippen molar-refractivity contribution >= 4 is 22.6 Å². The predicted octanol–water partition coefficient (Wildman–Crippen LogP) is 4.25. The molecule has 0 spiro atoms. The molecule has 0 saturated heterocycles. The van der Waals surface area contributed by atoms with Crippen LogP contribution in [-0.4, -0.2) is 36.1 Å². The van der Waals surface area contributed by atoms with Gasteiger partial charge in [-0.3, -0.25) is 0 Å². The van der Waals surface area contributed by atoms with Gasteiger partial charge in [0.05, 0.1) is 27.2 Å². The summed E-state index contributed by atoms with van der Waals surface area (Å²) >= 11 is 2.48. The molecule has 0 aliphatic carbocycles. The van der Waals surface area contributed by atoms with Crippen LogP contribution in [-0.2, 0) is 0 Å². The Hall–Kier alpha value is 0.690. The Labute approximate surface area is 110 Å². The van der Waals surface area contributed by atoms with Crippen LogP contribution in [0.15, 0.2) is 0 Å². The highest BCUT2D eigenvalue weighted by atomic mass is 127. The fourth-order valence-electron chi connectivity index (χ4n) is 1.92. The Kier molecular flexibility index (Phi) is 10.3. The van der Waals surface area contributed by atoms with Crippen molar-refractivity contribution in [2.24, 2.45) is 0 Å². The van der Waals surface area contributed by atoms with Crippen molar-refractivity contribution in [3.8, 4) is 0 Å². The molecule has 15 heavy (non-hydrogen) atoms. The molecule has 0 aromatic heterocycles. The van der Waals surface area contributed by atoms with E-state index in [1.54, 1.807) is 0 Å². The van der Waals surface area contributed by atoms with Gasteiger partial charge in [0, 0.05) is 10.8 Å². The largest absolute Gasteiger partial charge is 0.328 e. The third kappa shape index (κ3) is 11.0. The molecule has 0 saturated carbocycles. The first-order valence-corrected chi connectivity index (χ1v) is 8.03. The fraction of sp³-hybridized carbons (Fsp3) is 1.00. The summed E-state index contributed by atoms with van der Waals surface area (Å²) < 4.78 is 2.52. The Morgan fingerprint density at radius 3 is 1.93 bits per heavy atom. The minimum Gasteiger partial charge on any atom is -0.328 e. The second kappa shape index (κ2) is 9.88. The molecule has 0 amide bonds. The summed E-state index contributed by atoms with van der Waals surface area (Å²) in [6, 6.07) is 0. The Balaban J connectivity index is 3.32. The van der Waals surface area contributed by atoms with Crippen molar-refractivity contribution in [1.82, 2.24) is 0 Å². The number of quaternary nitrogens is 1. The number of rotatable bonds is 10. The van der Waals surface area contributed by atoms with Gasteiger partial charge in [-0.15, -0.1) is 0 Å². The SMILES string of the molecule is CCCCCCCC[N+](C)(C)CCCI. The van der Waals surface area contributed by atoms with E-state index < -0.39 is 0 Å². The van der Waals surface area contributed by atoms with Gasteiger partial charge in [-0.05, 0) is 12.8 Å². The maximum Gasteiger partial charge on any atom is 0.0789 e. The zero-order valence-electron chi connectivity index (χ0n) is 10.9. The first-order valence-electron chi connectivity index (χ1n) is 6.50. The van der Waals surface area contributed by atoms with Gasteiger partial charge in [0.25, 0.3) is 0 Å². The number of alkyl halides is 1. The lowest BCUT2D eigenvalue weighted by atomic mass is 10.1. The third-order valence-corrected chi connectivity index (χ3v) is 3.78. The first kappa shape index (κ1) is 15.7. The Bertz CT molecular complexity index is 134. The highest BCUT2D eigenvalue weighted by Crippen LogP contribution is 2.09. The number of hydrogen-bond donors (Lipinski definition) is 0. The lowest BCUT2D eigenvalue weighted by Gasteiger charge is -2.29. The van der Waals surface area contributed by atoms with Crippen LogP contribution in [0.3, 0.4) is 0 Å². The molecule has 0 N–H and O–H groups in total. The summed E-state index contributed by atoms with van der Waals surface area (Å²) in [5.74, 6) is 0. The van der Waals surface area contributed by atoms with Crippen LogP contribution in [0, 0.1) is 0 Å². The van der Waals surface area contributed by atoms with Crippen molar-refractivity contribution in [3.63, 3.8) is 0 Å². The molecular formula is C13H29IN+. The van der Waals surface area contributed by atoms with E-state index in [4.69, 9.17) is 0 Å². The minimum absolute atomic E-state index is 1.22. The van der Waals surface area contributed by atoms with E-state index >= 15 is 0 Å². The molecule has 1 nitrogen and oxygen atoms in total. The minimum atomic E-state index is 1.22. The van der Waals surface area contributed by atoms with Gasteiger partial charge in [0.15, 0.2) is 0 Å². The number of unbranched alkanes of at least 4 members (excludes halogenated alkanes) is 5. The highest BCUT2D eigenvalue weighted by Gasteiger charge is 2.12. The van der Waals surface area contributed by atoms with Crippen LogP contribution < -0.4 is 0 Å². The molecule has 0 aromatic rings. The van der Waals surface area contributed by atoms with E-state index in [1.165, 1.54) is 66.9 Å². The molecule has 0 aliphatic heterocycles. The molecule has 0 aromatic carbocycles. The Morgan fingerprint density at radius 1 is 0.800 bits per heavy atom. The van der Waals surface area contributed by atoms with Gasteiger partial charge in [-0.25, -0.2) is 0 Å². The smallest absolute Gasteiger partial charge is 0.0789 e. The quantitative estimate of drug-likeness (QED) is 0.244. The fourth-order valence-corrected chi connectivity index (χ4v) is 2.26. The molecule has 92 valence electrons. The molecule has 0 unspecified atom stereocenters. The van der Waals surface area contributed by atoms with E-state index in [0.717, 1.165) is 0 Å². The maximum absolute atomic E-state index is 2.48. The average Bonchev–Trinajstić information content (AvgIpc) is 2.20. The average molecular weight is 326 g/mol. The Morgan fingerprint density at radius 2 is 1.33 bits per heavy atom. The number of halogens is 1. The lowest BCUT2D eigenvalue weighted by Crippen LogP contribution is -2.41. The summed E-state index contributed by atoms with van der Waals surface area (Å²) in [6.45, 7) is 4.99. The van der Waals surface area contributed by atoms with Crippen LogP contribution >= 0.6 is 22.6 Å². The van der Waals surface area contributed by atoms with Crippen LogP contribution in [0.1, 0.15) is 51.9 Å². The molecule has 0 fully saturated rings. The molecule has 0 bridgehead atoms. The van der Waals surface area contributed by atoms with Gasteiger partial charge in [-0.2, -0.15) is 0 Å². The van der Waals surface area contributed by atoms with Crippen LogP contribution in [0.5, 0.6) is 0 Å². The van der Waals surface area contributed by atoms with Crippen LogP contribution in [0.4, 0.5) is 0 Å². The van der Waals surface area contributed by atoms with Crippen LogP contribution in [0.25, 0.3) is 0 Å². The topological polar surface area (TPSA) is 0 Å². The van der Waals surface area contributed by atoms with E-state index in [1.807, 2.05) is 0 Å². The summed E-state index contributed by atoms with van der Waals surface area (Å²) in [6.07, 6.45) is 9.88. The van der Waals surface area contributed by atoms with Crippen LogP contribution in [0.2, 0.25) is 0 Å². The molecule has 0 rings (SSSR count). The molecule has 0 atom stereocenters. The molecule has 0 radical (unpaired) electrons. The van der Waals surface area contributed by atoms with E-state index in [9.17, 15) is 0 Å². The number of hydrogen-bond acceptors (Lipinski definition) is 0. The molecule has 0 heterocycles. The first-order chi connectivity index (χ1) is 7.12. The predicted molar refractivity (Wildman–Crippen MR) is 78.7 cm³/mol. The second-order valence-corrected chi connectivity index (χ2v) is 6.27. The standard InChI is InChI=1S/C13H29IN/c1-4-5-6-7-8-9-12-15(2,3)13-10-11-14/h4-13H2,1-3H3/q+1. The zero-order chi connectivity index (χ0) is 11.6. The van der Waals surface area contributed by atoms with Gasteiger partial charge < -0.3 is 4.48 Å². The summed E-state index contributed by atoms with van der Waals surface area (Å²) in [5.41, 5.74) is 0. The van der Waals surface area contributed by atoms with Gasteiger partial charge in [-0.1, -0.05) is 55.2 Å². The van der Waals surface area contributed by atoms with Gasteiger partial charge in [0.2, 0.25) is 0 Å². The maximum atomic E-state index is 2.48. The second-order valence-electron chi connectivity index (χ2n) is 5.19. The summed E-state index contributed by atoms with van der Waals surface area (Å²) in [5, 5.41) is 0. The van der Waals surface area contributed by atoms with Gasteiger partial charge >= 0.3 is 0 Å². The molecule has 0 aliphatic rings. The van der Waals surface area contributed by atoms with Crippen molar-refractivity contribution in [2.45, 2.75) is 51.9 Å². The normalized spacial score (nSPS) is 12.0. The zero-order valence-corrected chi connectivity index (χ0v) is 13.1. The summed E-state index contributed by atoms with van der Waals surface area (Å²) in [4.78, 5) is 0. The van der Waals surface area contributed by atoms with Crippen molar-refractivity contribution in [1.29, 1.82) is 0 Å². The van der Waals surface area contributed by atoms with Crippen molar-refractivity contribution in [3.05, 3.63) is 0 Å². The van der Waals surface area contributed by atoms with E-state index in [2.05, 4.69) is 43.6 Å². The van der Waals surface area contributed by atoms with Crippen molar-refractivity contribution < 1.29 is 4.48 Å². The third-order valence-electron chi connectivity index (χ3n) is 3.01. The van der Waals surface area contributed by atoms with E-state index in [0.29, 0.717) is 0 Å². The highest BCUT2D eigenvalue weighted by molar-refractivity contribution is 14.1. The van der Waals surface area contributed by atoms with Gasteiger partial charge in [0.1, 0.15) is 0 Å². The summed E-state index contributed by atoms with van der Waals surface area (Å²) in [7, 11) is 4.75. The lowest BCUT2D eigenvalue weighted by molar-refractivity contribution is -0.890. The van der Waals surface area contributed by atoms with E-state index in [-0.39, 0.29) is 0 Å². The molecular weight excluding hydrogens is 297 g/mol.